The molecule has 5 rings (SSSR count). The second kappa shape index (κ2) is 4.54. The summed E-state index contributed by atoms with van der Waals surface area (Å²) in [6.07, 6.45) is 7.57. The Morgan fingerprint density at radius 2 is 2.09 bits per heavy atom. The summed E-state index contributed by atoms with van der Waals surface area (Å²) in [6, 6.07) is 13.4. The number of benzene rings is 1. The van der Waals surface area contributed by atoms with E-state index in [4.69, 9.17) is 4.52 Å². The Balaban J connectivity index is 1.75. The van der Waals surface area contributed by atoms with Crippen LogP contribution in [0.1, 0.15) is 10.5 Å². The molecule has 6 heteroatoms. The van der Waals surface area contributed by atoms with Gasteiger partial charge in [-0.25, -0.2) is 14.2 Å². The summed E-state index contributed by atoms with van der Waals surface area (Å²) in [5.41, 5.74) is 1.40. The van der Waals surface area contributed by atoms with Gasteiger partial charge in [0.15, 0.2) is 0 Å². The second-order valence-corrected chi connectivity index (χ2v) is 6.94. The molecule has 110 valence electrons. The van der Waals surface area contributed by atoms with Crippen LogP contribution in [-0.4, -0.2) is 15.1 Å². The Morgan fingerprint density at radius 3 is 2.96 bits per heavy atom. The fourth-order valence-electron chi connectivity index (χ4n) is 2.98. The number of imidazole rings is 1. The van der Waals surface area contributed by atoms with E-state index in [2.05, 4.69) is 21.5 Å². The molecule has 0 fully saturated rings. The van der Waals surface area contributed by atoms with Crippen LogP contribution < -0.4 is 8.92 Å². The highest BCUT2D eigenvalue weighted by Gasteiger charge is 2.26. The quantitative estimate of drug-likeness (QED) is 0.470. The number of hydrogen-bond donors (Lipinski definition) is 0. The minimum Gasteiger partial charge on any atom is -0.374 e. The van der Waals surface area contributed by atoms with Gasteiger partial charge in [-0.15, -0.1) is 0 Å². The molecule has 0 radical (unpaired) electrons. The Labute approximate surface area is 131 Å². The van der Waals surface area contributed by atoms with Crippen molar-refractivity contribution in [2.45, 2.75) is 0 Å². The van der Waals surface area contributed by atoms with Gasteiger partial charge in [0.05, 0.1) is 16.7 Å². The molecule has 0 aliphatic heterocycles. The zero-order valence-electron chi connectivity index (χ0n) is 12.0. The van der Waals surface area contributed by atoms with Crippen LogP contribution in [0.4, 0.5) is 0 Å². The third kappa shape index (κ3) is 1.71. The Morgan fingerprint density at radius 1 is 1.13 bits per heavy atom. The molecule has 4 aromatic heterocycles. The lowest BCUT2D eigenvalue weighted by atomic mass is 10.2. The van der Waals surface area contributed by atoms with Gasteiger partial charge < -0.3 is 4.52 Å². The molecule has 1 atom stereocenters. The average Bonchev–Trinajstić information content (AvgIpc) is 3.16. The highest BCUT2D eigenvalue weighted by molar-refractivity contribution is 7.48. The van der Waals surface area contributed by atoms with Gasteiger partial charge in [0.1, 0.15) is 18.1 Å². The normalized spacial score (nSPS) is 12.4. The van der Waals surface area contributed by atoms with E-state index in [0.29, 0.717) is 5.69 Å². The van der Waals surface area contributed by atoms with Crippen molar-refractivity contribution in [1.29, 1.82) is 0 Å². The monoisotopic (exact) mass is 320 g/mol. The minimum absolute atomic E-state index is 0.328. The van der Waals surface area contributed by atoms with E-state index in [1.165, 1.54) is 0 Å². The highest BCUT2D eigenvalue weighted by atomic mass is 31.1. The van der Waals surface area contributed by atoms with E-state index in [9.17, 15) is 4.79 Å². The third-order valence-electron chi connectivity index (χ3n) is 3.99. The Hall–Kier alpha value is -2.91. The lowest BCUT2D eigenvalue weighted by molar-refractivity contribution is -0.508. The van der Waals surface area contributed by atoms with Gasteiger partial charge in [0, 0.05) is 6.20 Å². The summed E-state index contributed by atoms with van der Waals surface area (Å²) in [6.45, 7) is 0. The van der Waals surface area contributed by atoms with Gasteiger partial charge >= 0.3 is 11.6 Å². The summed E-state index contributed by atoms with van der Waals surface area (Å²) >= 11 is 0. The van der Waals surface area contributed by atoms with Crippen molar-refractivity contribution < 1.29 is 13.7 Å². The molecule has 5 aromatic rings. The van der Waals surface area contributed by atoms with Crippen LogP contribution >= 0.6 is 7.92 Å². The largest absolute Gasteiger partial charge is 0.374 e. The predicted molar refractivity (Wildman–Crippen MR) is 87.1 cm³/mol. The van der Waals surface area contributed by atoms with Crippen LogP contribution in [0, 0.1) is 0 Å². The van der Waals surface area contributed by atoms with Crippen LogP contribution in [0.3, 0.4) is 0 Å². The standard InChI is InChI=1S/C17H11N3O2P/c21-17(13-5-1-2-8-18-13)22-23-14-6-3-4-12-7-9-19-10-11-20(23)16(19)15(12)14/h1-11H/q+1. The maximum atomic E-state index is 12.4. The van der Waals surface area contributed by atoms with Crippen LogP contribution in [0.5, 0.6) is 0 Å². The first-order valence-corrected chi connectivity index (χ1v) is 8.42. The molecule has 0 amide bonds. The number of nitrogens with zero attached hydrogens (tertiary/aromatic N) is 3. The zero-order chi connectivity index (χ0) is 15.4. The van der Waals surface area contributed by atoms with Crippen molar-refractivity contribution in [3.63, 3.8) is 0 Å². The van der Waals surface area contributed by atoms with Crippen LogP contribution in [0.25, 0.3) is 21.5 Å². The number of carbonyl (C=O) groups excluding carboxylic acids is 1. The van der Waals surface area contributed by atoms with Crippen molar-refractivity contribution >= 4 is 35.4 Å². The van der Waals surface area contributed by atoms with E-state index in [0.717, 1.165) is 21.5 Å². The zero-order valence-corrected chi connectivity index (χ0v) is 12.9. The molecule has 0 N–H and O–H groups in total. The van der Waals surface area contributed by atoms with Gasteiger partial charge in [-0.3, -0.25) is 0 Å². The molecule has 1 unspecified atom stereocenters. The minimum atomic E-state index is -1.23. The summed E-state index contributed by atoms with van der Waals surface area (Å²) in [5.74, 6) is -0.395. The lowest BCUT2D eigenvalue weighted by Crippen LogP contribution is -2.16. The van der Waals surface area contributed by atoms with Crippen molar-refractivity contribution in [1.82, 2.24) is 9.15 Å². The molecule has 5 nitrogen and oxygen atoms in total. The number of aromatic nitrogens is 3. The summed E-state index contributed by atoms with van der Waals surface area (Å²) in [7, 11) is -1.23. The van der Waals surface area contributed by atoms with Gasteiger partial charge in [0.25, 0.3) is 7.92 Å². The van der Waals surface area contributed by atoms with Gasteiger partial charge in [-0.05, 0) is 29.7 Å². The Bertz CT molecular complexity index is 1160. The molecule has 23 heavy (non-hydrogen) atoms. The van der Waals surface area contributed by atoms with Crippen LogP contribution in [0.2, 0.25) is 0 Å². The summed E-state index contributed by atoms with van der Waals surface area (Å²) in [4.78, 5) is 16.5. The van der Waals surface area contributed by atoms with E-state index in [-0.39, 0.29) is 0 Å². The molecule has 0 spiro atoms. The smallest absolute Gasteiger partial charge is 0.367 e. The lowest BCUT2D eigenvalue weighted by Gasteiger charge is -2.00. The SMILES string of the molecule is O=C(Op1c2cccc3cc[n+]4ccn1c4c32)c1ccccn1. The fraction of sp³-hybridized carbons (Fsp3) is 0. The van der Waals surface area contributed by atoms with E-state index in [1.54, 1.807) is 24.4 Å². The van der Waals surface area contributed by atoms with Crippen molar-refractivity contribution in [2.75, 3.05) is 0 Å². The van der Waals surface area contributed by atoms with Gasteiger partial charge in [-0.1, -0.05) is 18.2 Å². The maximum Gasteiger partial charge on any atom is 0.367 e. The maximum absolute atomic E-state index is 12.4. The first-order chi connectivity index (χ1) is 11.3. The molecular formula is C17H11N3O2P+. The van der Waals surface area contributed by atoms with E-state index in [1.807, 2.05) is 34.9 Å². The van der Waals surface area contributed by atoms with Crippen molar-refractivity contribution in [3.8, 4) is 0 Å². The average molecular weight is 320 g/mol. The first kappa shape index (κ1) is 12.6. The molecule has 0 saturated heterocycles. The number of pyridine rings is 2. The number of carbonyl (C=O) groups is 1. The number of rotatable bonds is 2. The Kier molecular flexibility index (Phi) is 2.49. The van der Waals surface area contributed by atoms with Gasteiger partial charge in [0.2, 0.25) is 0 Å². The number of hydrogen-bond acceptors (Lipinski definition) is 3. The van der Waals surface area contributed by atoms with Gasteiger partial charge in [-0.2, -0.15) is 4.16 Å². The molecule has 0 bridgehead atoms. The molecular weight excluding hydrogens is 309 g/mol. The molecule has 0 aliphatic carbocycles. The third-order valence-corrected chi connectivity index (χ3v) is 5.83. The van der Waals surface area contributed by atoms with E-state index < -0.39 is 13.9 Å². The molecule has 0 aliphatic rings. The van der Waals surface area contributed by atoms with Crippen molar-refractivity contribution in [3.05, 3.63) is 72.9 Å². The topological polar surface area (TPSA) is 47.7 Å². The fourth-order valence-corrected chi connectivity index (χ4v) is 4.84. The van der Waals surface area contributed by atoms with Crippen LogP contribution in [0.15, 0.2) is 67.3 Å². The highest BCUT2D eigenvalue weighted by Crippen LogP contribution is 2.41. The first-order valence-electron chi connectivity index (χ1n) is 7.21. The second-order valence-electron chi connectivity index (χ2n) is 5.30. The van der Waals surface area contributed by atoms with Crippen LogP contribution in [-0.2, 0) is 0 Å². The summed E-state index contributed by atoms with van der Waals surface area (Å²) < 4.78 is 9.94. The predicted octanol–water partition coefficient (Wildman–Crippen LogP) is 2.92. The molecule has 1 aromatic carbocycles. The summed E-state index contributed by atoms with van der Waals surface area (Å²) in [5, 5.41) is 3.37. The van der Waals surface area contributed by atoms with E-state index >= 15 is 0 Å². The van der Waals surface area contributed by atoms with Crippen molar-refractivity contribution in [2.24, 2.45) is 0 Å². The molecule has 0 saturated carbocycles. The molecule has 4 heterocycles.